The number of nitrogens with one attached hydrogen (secondary N) is 1. The molecule has 6 heteroatoms. The van der Waals surface area contributed by atoms with E-state index in [1.807, 2.05) is 31.2 Å². The molecule has 0 bridgehead atoms. The molecule has 1 N–H and O–H groups in total. The Bertz CT molecular complexity index is 706. The van der Waals surface area contributed by atoms with Crippen molar-refractivity contribution in [1.29, 1.82) is 0 Å². The minimum Gasteiger partial charge on any atom is -0.497 e. The van der Waals surface area contributed by atoms with Crippen LogP contribution in [0.5, 0.6) is 17.2 Å². The number of hydrogen-bond acceptors (Lipinski definition) is 5. The first kappa shape index (κ1) is 19.0. The topological polar surface area (TPSA) is 56.8 Å². The molecule has 0 heterocycles. The predicted octanol–water partition coefficient (Wildman–Crippen LogP) is 3.97. The third-order valence-electron chi connectivity index (χ3n) is 3.44. The Balaban J connectivity index is 1.91. The maximum Gasteiger partial charge on any atom is 0.234 e. The molecular weight excluding hydrogens is 338 g/mol. The summed E-state index contributed by atoms with van der Waals surface area (Å²) >= 11 is 1.53. The van der Waals surface area contributed by atoms with E-state index in [9.17, 15) is 4.79 Å². The minimum atomic E-state index is -0.0922. The second-order valence-electron chi connectivity index (χ2n) is 5.15. The van der Waals surface area contributed by atoms with Gasteiger partial charge >= 0.3 is 0 Å². The van der Waals surface area contributed by atoms with Crippen LogP contribution in [0.15, 0.2) is 42.5 Å². The van der Waals surface area contributed by atoms with E-state index in [0.29, 0.717) is 35.3 Å². The summed E-state index contributed by atoms with van der Waals surface area (Å²) in [6, 6.07) is 13.2. The van der Waals surface area contributed by atoms with E-state index in [1.54, 1.807) is 32.4 Å². The Morgan fingerprint density at radius 3 is 2.60 bits per heavy atom. The third kappa shape index (κ3) is 5.60. The predicted molar refractivity (Wildman–Crippen MR) is 102 cm³/mol. The lowest BCUT2D eigenvalue weighted by Gasteiger charge is -2.12. The first-order valence-electron chi connectivity index (χ1n) is 7.98. The zero-order valence-electron chi connectivity index (χ0n) is 14.7. The number of methoxy groups -OCH3 is 2. The lowest BCUT2D eigenvalue weighted by molar-refractivity contribution is -0.113. The molecule has 2 aromatic rings. The molecule has 2 aromatic carbocycles. The fourth-order valence-electron chi connectivity index (χ4n) is 2.27. The van der Waals surface area contributed by atoms with Gasteiger partial charge in [0.2, 0.25) is 5.91 Å². The largest absolute Gasteiger partial charge is 0.497 e. The van der Waals surface area contributed by atoms with Gasteiger partial charge in [-0.05, 0) is 25.1 Å². The fraction of sp³-hybridized carbons (Fsp3) is 0.316. The number of anilines is 1. The van der Waals surface area contributed by atoms with Gasteiger partial charge in [0.05, 0.1) is 32.3 Å². The maximum atomic E-state index is 12.2. The molecule has 134 valence electrons. The quantitative estimate of drug-likeness (QED) is 0.732. The normalized spacial score (nSPS) is 10.2. The first-order valence-corrected chi connectivity index (χ1v) is 9.13. The van der Waals surface area contributed by atoms with Gasteiger partial charge in [0.1, 0.15) is 17.2 Å². The van der Waals surface area contributed by atoms with E-state index in [4.69, 9.17) is 14.2 Å². The molecule has 0 radical (unpaired) electrons. The van der Waals surface area contributed by atoms with E-state index in [2.05, 4.69) is 5.32 Å². The number of ether oxygens (including phenoxy) is 3. The monoisotopic (exact) mass is 361 g/mol. The molecule has 1 amide bonds. The number of amides is 1. The highest BCUT2D eigenvalue weighted by molar-refractivity contribution is 7.99. The Labute approximate surface area is 152 Å². The summed E-state index contributed by atoms with van der Waals surface area (Å²) < 4.78 is 16.1. The van der Waals surface area contributed by atoms with Crippen LogP contribution in [-0.2, 0) is 10.5 Å². The smallest absolute Gasteiger partial charge is 0.234 e. The number of carbonyl (C=O) groups excluding carboxylic acids is 1. The van der Waals surface area contributed by atoms with Crippen molar-refractivity contribution in [3.8, 4) is 17.2 Å². The van der Waals surface area contributed by atoms with Crippen molar-refractivity contribution in [3.63, 3.8) is 0 Å². The number of para-hydroxylation sites is 1. The standard InChI is InChI=1S/C19H23NO4S/c1-4-24-17-8-6-5-7-14(17)12-25-13-19(21)20-16-11-15(22-2)9-10-18(16)23-3/h5-11H,4,12-13H2,1-3H3,(H,20,21). The highest BCUT2D eigenvalue weighted by atomic mass is 32.2. The molecule has 25 heavy (non-hydrogen) atoms. The summed E-state index contributed by atoms with van der Waals surface area (Å²) in [6.45, 7) is 2.58. The first-order chi connectivity index (χ1) is 12.2. The van der Waals surface area contributed by atoms with Crippen molar-refractivity contribution in [2.45, 2.75) is 12.7 Å². The molecule has 0 saturated heterocycles. The minimum absolute atomic E-state index is 0.0922. The Hall–Kier alpha value is -2.34. The second kappa shape index (κ2) is 9.84. The van der Waals surface area contributed by atoms with Crippen LogP contribution in [0.3, 0.4) is 0 Å². The third-order valence-corrected chi connectivity index (χ3v) is 4.43. The molecule has 0 aliphatic rings. The van der Waals surface area contributed by atoms with Crippen molar-refractivity contribution in [3.05, 3.63) is 48.0 Å². The SMILES string of the molecule is CCOc1ccccc1CSCC(=O)Nc1cc(OC)ccc1OC. The summed E-state index contributed by atoms with van der Waals surface area (Å²) in [7, 11) is 3.15. The van der Waals surface area contributed by atoms with Crippen molar-refractivity contribution in [2.75, 3.05) is 31.9 Å². The molecule has 5 nitrogen and oxygen atoms in total. The summed E-state index contributed by atoms with van der Waals surface area (Å²) in [6.07, 6.45) is 0. The number of benzene rings is 2. The molecule has 0 fully saturated rings. The van der Waals surface area contributed by atoms with Crippen LogP contribution in [0, 0.1) is 0 Å². The Morgan fingerprint density at radius 2 is 1.88 bits per heavy atom. The molecule has 0 aromatic heterocycles. The Morgan fingerprint density at radius 1 is 1.08 bits per heavy atom. The van der Waals surface area contributed by atoms with Gasteiger partial charge in [-0.15, -0.1) is 11.8 Å². The molecule has 0 unspecified atom stereocenters. The number of rotatable bonds is 9. The van der Waals surface area contributed by atoms with Crippen LogP contribution < -0.4 is 19.5 Å². The van der Waals surface area contributed by atoms with Gasteiger partial charge in [-0.1, -0.05) is 18.2 Å². The van der Waals surface area contributed by atoms with Gasteiger partial charge in [0.25, 0.3) is 0 Å². The van der Waals surface area contributed by atoms with Gasteiger partial charge in [-0.3, -0.25) is 4.79 Å². The maximum absolute atomic E-state index is 12.2. The summed E-state index contributed by atoms with van der Waals surface area (Å²) in [5.41, 5.74) is 1.68. The van der Waals surface area contributed by atoms with Crippen LogP contribution in [0.2, 0.25) is 0 Å². The molecule has 2 rings (SSSR count). The van der Waals surface area contributed by atoms with Gasteiger partial charge in [-0.2, -0.15) is 0 Å². The van der Waals surface area contributed by atoms with Crippen molar-refractivity contribution < 1.29 is 19.0 Å². The highest BCUT2D eigenvalue weighted by Gasteiger charge is 2.10. The molecule has 0 aliphatic heterocycles. The average molecular weight is 361 g/mol. The summed E-state index contributed by atoms with van der Waals surface area (Å²) in [5.74, 6) is 3.08. The highest BCUT2D eigenvalue weighted by Crippen LogP contribution is 2.29. The number of hydrogen-bond donors (Lipinski definition) is 1. The fourth-order valence-corrected chi connectivity index (χ4v) is 3.09. The lowest BCUT2D eigenvalue weighted by Crippen LogP contribution is -2.15. The number of thioether (sulfide) groups is 1. The number of carbonyl (C=O) groups is 1. The van der Waals surface area contributed by atoms with Crippen LogP contribution in [0.4, 0.5) is 5.69 Å². The van der Waals surface area contributed by atoms with E-state index in [0.717, 1.165) is 11.3 Å². The van der Waals surface area contributed by atoms with Gasteiger partial charge in [-0.25, -0.2) is 0 Å². The van der Waals surface area contributed by atoms with Crippen molar-refractivity contribution in [1.82, 2.24) is 0 Å². The lowest BCUT2D eigenvalue weighted by atomic mass is 10.2. The zero-order chi connectivity index (χ0) is 18.1. The summed E-state index contributed by atoms with van der Waals surface area (Å²) in [4.78, 5) is 12.2. The van der Waals surface area contributed by atoms with Crippen molar-refractivity contribution in [2.24, 2.45) is 0 Å². The van der Waals surface area contributed by atoms with E-state index in [-0.39, 0.29) is 5.91 Å². The molecule has 0 saturated carbocycles. The molecule has 0 spiro atoms. The van der Waals surface area contributed by atoms with Crippen LogP contribution in [-0.4, -0.2) is 32.5 Å². The second-order valence-corrected chi connectivity index (χ2v) is 6.13. The van der Waals surface area contributed by atoms with Gasteiger partial charge < -0.3 is 19.5 Å². The van der Waals surface area contributed by atoms with Crippen molar-refractivity contribution >= 4 is 23.4 Å². The van der Waals surface area contributed by atoms with Gasteiger partial charge in [0.15, 0.2) is 0 Å². The Kier molecular flexibility index (Phi) is 7.47. The van der Waals surface area contributed by atoms with E-state index < -0.39 is 0 Å². The van der Waals surface area contributed by atoms with Crippen LogP contribution in [0.1, 0.15) is 12.5 Å². The van der Waals surface area contributed by atoms with E-state index >= 15 is 0 Å². The van der Waals surface area contributed by atoms with E-state index in [1.165, 1.54) is 11.8 Å². The molecule has 0 atom stereocenters. The molecular formula is C19H23NO4S. The summed E-state index contributed by atoms with van der Waals surface area (Å²) in [5, 5.41) is 2.87. The molecule has 0 aliphatic carbocycles. The van der Waals surface area contributed by atoms with Gasteiger partial charge in [0, 0.05) is 17.4 Å². The average Bonchev–Trinajstić information content (AvgIpc) is 2.63. The van der Waals surface area contributed by atoms with Crippen LogP contribution >= 0.6 is 11.8 Å². The zero-order valence-corrected chi connectivity index (χ0v) is 15.5. The van der Waals surface area contributed by atoms with Crippen LogP contribution in [0.25, 0.3) is 0 Å².